The number of hydrogen-bond acceptors (Lipinski definition) is 3. The highest BCUT2D eigenvalue weighted by atomic mass is 16.5. The lowest BCUT2D eigenvalue weighted by molar-refractivity contribution is -0.130. The summed E-state index contributed by atoms with van der Waals surface area (Å²) >= 11 is 0. The van der Waals surface area contributed by atoms with E-state index >= 15 is 0 Å². The fourth-order valence-corrected chi connectivity index (χ4v) is 4.84. The molecule has 0 saturated heterocycles. The molecule has 3 aromatic rings. The van der Waals surface area contributed by atoms with Gasteiger partial charge in [0.05, 0.1) is 0 Å². The Morgan fingerprint density at radius 2 is 1.44 bits per heavy atom. The molecular formula is C30H28N2O2. The molecule has 1 amide bonds. The zero-order chi connectivity index (χ0) is 23.2. The second-order valence-electron chi connectivity index (χ2n) is 8.88. The second kappa shape index (κ2) is 9.97. The van der Waals surface area contributed by atoms with E-state index in [2.05, 4.69) is 17.2 Å². The highest BCUT2D eigenvalue weighted by molar-refractivity contribution is 6.01. The third-order valence-corrected chi connectivity index (χ3v) is 6.58. The predicted octanol–water partition coefficient (Wildman–Crippen LogP) is 5.55. The number of carbonyl (C=O) groups is 1. The van der Waals surface area contributed by atoms with Crippen LogP contribution in [0.2, 0.25) is 0 Å². The third-order valence-electron chi connectivity index (χ3n) is 6.58. The number of nitrogens with zero attached hydrogens (tertiary/aromatic N) is 1. The van der Waals surface area contributed by atoms with Crippen LogP contribution in [0.4, 0.5) is 0 Å². The standard InChI is InChI=1S/C30H28N2O2/c33-29(31-26-19-11-4-12-20-26)30(25-17-9-3-10-18-25)28(24-15-7-2-8-16-24)34-27(32-30)22-21-23-13-5-1-6-14-23/h1-3,5-10,13-18,26,28H,4,11-12,19-20H2,(H,31,33)/t28-,30+/m0/s1. The summed E-state index contributed by atoms with van der Waals surface area (Å²) in [4.78, 5) is 19.0. The van der Waals surface area contributed by atoms with Gasteiger partial charge in [0.15, 0.2) is 6.10 Å². The Labute approximate surface area is 201 Å². The number of nitrogens with one attached hydrogen (secondary N) is 1. The molecule has 3 aromatic carbocycles. The highest BCUT2D eigenvalue weighted by Gasteiger charge is 2.54. The van der Waals surface area contributed by atoms with E-state index in [4.69, 9.17) is 9.73 Å². The number of rotatable bonds is 4. The SMILES string of the molecule is O=C(NC1CCCCC1)[C@]1(c2ccccc2)N=C(C#Cc2ccccc2)O[C@H]1c1ccccc1. The van der Waals surface area contributed by atoms with Crippen molar-refractivity contribution < 1.29 is 9.53 Å². The van der Waals surface area contributed by atoms with Gasteiger partial charge in [-0.05, 0) is 42.0 Å². The summed E-state index contributed by atoms with van der Waals surface area (Å²) < 4.78 is 6.37. The maximum atomic E-state index is 14.1. The van der Waals surface area contributed by atoms with Crippen LogP contribution in [0.15, 0.2) is 96.0 Å². The molecule has 4 nitrogen and oxygen atoms in total. The molecule has 4 heteroatoms. The van der Waals surface area contributed by atoms with Gasteiger partial charge in [0.25, 0.3) is 11.8 Å². The summed E-state index contributed by atoms with van der Waals surface area (Å²) in [6.07, 6.45) is 4.89. The normalized spacial score (nSPS) is 22.1. The van der Waals surface area contributed by atoms with Gasteiger partial charge in [-0.2, -0.15) is 0 Å². The summed E-state index contributed by atoms with van der Waals surface area (Å²) in [7, 11) is 0. The van der Waals surface area contributed by atoms with Gasteiger partial charge in [-0.25, -0.2) is 4.99 Å². The first-order chi connectivity index (χ1) is 16.8. The van der Waals surface area contributed by atoms with Crippen molar-refractivity contribution in [1.29, 1.82) is 0 Å². The molecule has 5 rings (SSSR count). The van der Waals surface area contributed by atoms with Crippen molar-refractivity contribution in [3.63, 3.8) is 0 Å². The Kier molecular flexibility index (Phi) is 6.44. The molecule has 1 heterocycles. The molecular weight excluding hydrogens is 420 g/mol. The Morgan fingerprint density at radius 1 is 0.824 bits per heavy atom. The molecule has 0 spiro atoms. The van der Waals surface area contributed by atoms with Crippen LogP contribution >= 0.6 is 0 Å². The quantitative estimate of drug-likeness (QED) is 0.532. The lowest BCUT2D eigenvalue weighted by atomic mass is 9.80. The number of carbonyl (C=O) groups excluding carboxylic acids is 1. The van der Waals surface area contributed by atoms with E-state index in [1.807, 2.05) is 91.0 Å². The molecule has 1 N–H and O–H groups in total. The van der Waals surface area contributed by atoms with Crippen LogP contribution in [0.5, 0.6) is 0 Å². The summed E-state index contributed by atoms with van der Waals surface area (Å²) in [6, 6.07) is 29.5. The van der Waals surface area contributed by atoms with E-state index in [0.717, 1.165) is 42.4 Å². The van der Waals surface area contributed by atoms with Crippen LogP contribution in [-0.2, 0) is 15.1 Å². The first-order valence-electron chi connectivity index (χ1n) is 12.0. The van der Waals surface area contributed by atoms with Crippen LogP contribution in [0.1, 0.15) is 54.9 Å². The van der Waals surface area contributed by atoms with Gasteiger partial charge < -0.3 is 10.1 Å². The van der Waals surface area contributed by atoms with Crippen LogP contribution in [0.25, 0.3) is 0 Å². The minimum absolute atomic E-state index is 0.129. The average molecular weight is 449 g/mol. The molecule has 170 valence electrons. The lowest BCUT2D eigenvalue weighted by Gasteiger charge is -2.33. The Hall–Kier alpha value is -3.84. The molecule has 1 aliphatic heterocycles. The van der Waals surface area contributed by atoms with Crippen LogP contribution < -0.4 is 5.32 Å². The number of ether oxygens (including phenoxy) is 1. The maximum Gasteiger partial charge on any atom is 0.266 e. The molecule has 2 aliphatic rings. The fraction of sp³-hybridized carbons (Fsp3) is 0.267. The van der Waals surface area contributed by atoms with Crippen molar-refractivity contribution in [2.75, 3.05) is 0 Å². The van der Waals surface area contributed by atoms with Gasteiger partial charge in [0, 0.05) is 11.6 Å². The summed E-state index contributed by atoms with van der Waals surface area (Å²) in [5, 5.41) is 3.32. The minimum Gasteiger partial charge on any atom is -0.460 e. The summed E-state index contributed by atoms with van der Waals surface area (Å²) in [5.41, 5.74) is 1.31. The predicted molar refractivity (Wildman–Crippen MR) is 134 cm³/mol. The number of hydrogen-bond donors (Lipinski definition) is 1. The van der Waals surface area contributed by atoms with Crippen molar-refractivity contribution in [1.82, 2.24) is 5.32 Å². The van der Waals surface area contributed by atoms with E-state index in [1.54, 1.807) is 0 Å². The molecule has 34 heavy (non-hydrogen) atoms. The summed E-state index contributed by atoms with van der Waals surface area (Å²) in [6.45, 7) is 0. The maximum absolute atomic E-state index is 14.1. The van der Waals surface area contributed by atoms with Gasteiger partial charge in [-0.1, -0.05) is 104 Å². The number of amides is 1. The number of aliphatic imine (C=N–C) groups is 1. The van der Waals surface area contributed by atoms with Crippen molar-refractivity contribution in [2.45, 2.75) is 49.8 Å². The zero-order valence-electron chi connectivity index (χ0n) is 19.1. The van der Waals surface area contributed by atoms with Gasteiger partial charge >= 0.3 is 0 Å². The van der Waals surface area contributed by atoms with Crippen molar-refractivity contribution in [3.05, 3.63) is 108 Å². The van der Waals surface area contributed by atoms with Crippen molar-refractivity contribution >= 4 is 11.8 Å². The smallest absolute Gasteiger partial charge is 0.266 e. The van der Waals surface area contributed by atoms with Gasteiger partial charge in [-0.3, -0.25) is 4.79 Å². The molecule has 0 unspecified atom stereocenters. The zero-order valence-corrected chi connectivity index (χ0v) is 19.1. The minimum atomic E-state index is -1.25. The highest BCUT2D eigenvalue weighted by Crippen LogP contribution is 2.46. The molecule has 0 bridgehead atoms. The lowest BCUT2D eigenvalue weighted by Crippen LogP contribution is -2.49. The van der Waals surface area contributed by atoms with Gasteiger partial charge in [0.2, 0.25) is 5.54 Å². The van der Waals surface area contributed by atoms with E-state index in [-0.39, 0.29) is 17.8 Å². The topological polar surface area (TPSA) is 50.7 Å². The molecule has 1 saturated carbocycles. The van der Waals surface area contributed by atoms with Crippen LogP contribution in [0, 0.1) is 11.8 Å². The first-order valence-corrected chi connectivity index (χ1v) is 12.0. The number of benzene rings is 3. The molecule has 1 fully saturated rings. The van der Waals surface area contributed by atoms with Gasteiger partial charge in [-0.15, -0.1) is 0 Å². The molecule has 0 aromatic heterocycles. The van der Waals surface area contributed by atoms with E-state index in [0.29, 0.717) is 0 Å². The van der Waals surface area contributed by atoms with Crippen LogP contribution in [0.3, 0.4) is 0 Å². The second-order valence-corrected chi connectivity index (χ2v) is 8.88. The van der Waals surface area contributed by atoms with E-state index in [9.17, 15) is 4.79 Å². The Bertz CT molecular complexity index is 1210. The largest absolute Gasteiger partial charge is 0.460 e. The van der Waals surface area contributed by atoms with Crippen LogP contribution in [-0.4, -0.2) is 17.8 Å². The molecule has 0 radical (unpaired) electrons. The average Bonchev–Trinajstić information content (AvgIpc) is 3.31. The Balaban J connectivity index is 1.60. The Morgan fingerprint density at radius 3 is 2.12 bits per heavy atom. The first kappa shape index (κ1) is 22.0. The van der Waals surface area contributed by atoms with E-state index < -0.39 is 11.6 Å². The molecule has 1 aliphatic carbocycles. The fourth-order valence-electron chi connectivity index (χ4n) is 4.84. The van der Waals surface area contributed by atoms with Crippen molar-refractivity contribution in [2.24, 2.45) is 4.99 Å². The van der Waals surface area contributed by atoms with E-state index in [1.165, 1.54) is 6.42 Å². The third kappa shape index (κ3) is 4.47. The monoisotopic (exact) mass is 448 g/mol. The summed E-state index contributed by atoms with van der Waals surface area (Å²) in [5.74, 6) is 6.36. The van der Waals surface area contributed by atoms with Crippen molar-refractivity contribution in [3.8, 4) is 11.8 Å². The molecule has 2 atom stereocenters. The van der Waals surface area contributed by atoms with Gasteiger partial charge in [0.1, 0.15) is 0 Å².